The number of hydrogen-bond donors (Lipinski definition) is 2. The molecular weight excluding hydrogens is 232 g/mol. The molecule has 0 saturated carbocycles. The molecular formula is C13H20N2O3. The smallest absolute Gasteiger partial charge is 0.263 e. The Morgan fingerprint density at radius 1 is 1.44 bits per heavy atom. The summed E-state index contributed by atoms with van der Waals surface area (Å²) in [6, 6.07) is 6.01. The first-order valence-electron chi connectivity index (χ1n) is 5.97. The van der Waals surface area contributed by atoms with Gasteiger partial charge in [-0.2, -0.15) is 0 Å². The maximum Gasteiger partial charge on any atom is 0.263 e. The minimum Gasteiger partial charge on any atom is -0.508 e. The summed E-state index contributed by atoms with van der Waals surface area (Å²) < 4.78 is 0. The van der Waals surface area contributed by atoms with Crippen molar-refractivity contribution in [2.24, 2.45) is 5.73 Å². The molecule has 0 aliphatic carbocycles. The Labute approximate surface area is 107 Å². The van der Waals surface area contributed by atoms with Crippen molar-refractivity contribution in [1.82, 2.24) is 5.06 Å². The van der Waals surface area contributed by atoms with E-state index in [9.17, 15) is 4.79 Å². The van der Waals surface area contributed by atoms with Crippen molar-refractivity contribution in [3.63, 3.8) is 0 Å². The second-order valence-electron chi connectivity index (χ2n) is 4.10. The van der Waals surface area contributed by atoms with E-state index in [0.29, 0.717) is 13.0 Å². The van der Waals surface area contributed by atoms with Crippen LogP contribution in [0, 0.1) is 0 Å². The number of carbonyl (C=O) groups excluding carboxylic acids is 1. The molecule has 1 aromatic rings. The topological polar surface area (TPSA) is 75.8 Å². The lowest BCUT2D eigenvalue weighted by Crippen LogP contribution is -2.44. The van der Waals surface area contributed by atoms with Gasteiger partial charge in [0, 0.05) is 6.54 Å². The molecule has 0 bridgehead atoms. The third-order valence-corrected chi connectivity index (χ3v) is 2.60. The summed E-state index contributed by atoms with van der Waals surface area (Å²) in [6.07, 6.45) is 1.23. The average molecular weight is 252 g/mol. The Hall–Kier alpha value is -1.59. The van der Waals surface area contributed by atoms with Crippen molar-refractivity contribution >= 4 is 5.91 Å². The number of phenols is 1. The zero-order valence-electron chi connectivity index (χ0n) is 10.8. The maximum absolute atomic E-state index is 12.0. The second-order valence-corrected chi connectivity index (χ2v) is 4.10. The Bertz CT molecular complexity index is 378. The first-order valence-corrected chi connectivity index (χ1v) is 5.97. The number of phenolic OH excluding ortho intramolecular Hbond substituents is 1. The van der Waals surface area contributed by atoms with Crippen molar-refractivity contribution in [3.05, 3.63) is 29.8 Å². The molecule has 1 amide bonds. The van der Waals surface area contributed by atoms with E-state index < -0.39 is 6.04 Å². The highest BCUT2D eigenvalue weighted by atomic mass is 16.7. The summed E-state index contributed by atoms with van der Waals surface area (Å²) in [7, 11) is 1.46. The third-order valence-electron chi connectivity index (χ3n) is 2.60. The molecule has 0 fully saturated rings. The molecule has 1 aromatic carbocycles. The van der Waals surface area contributed by atoms with Crippen molar-refractivity contribution in [2.45, 2.75) is 25.8 Å². The van der Waals surface area contributed by atoms with Crippen LogP contribution in [0.5, 0.6) is 5.75 Å². The standard InChI is InChI=1S/C13H20N2O3/c1-3-8-15(18-2)13(17)12(14)9-10-4-6-11(16)7-5-10/h4-7,12,16H,3,8-9,14H2,1-2H3/t12-/m1/s1. The number of aromatic hydroxyl groups is 1. The lowest BCUT2D eigenvalue weighted by atomic mass is 10.1. The van der Waals surface area contributed by atoms with Gasteiger partial charge in [-0.05, 0) is 30.5 Å². The van der Waals surface area contributed by atoms with Gasteiger partial charge in [-0.3, -0.25) is 9.63 Å². The van der Waals surface area contributed by atoms with Crippen LogP contribution in [0.15, 0.2) is 24.3 Å². The maximum atomic E-state index is 12.0. The summed E-state index contributed by atoms with van der Waals surface area (Å²) in [6.45, 7) is 2.49. The molecule has 3 N–H and O–H groups in total. The van der Waals surface area contributed by atoms with Crippen LogP contribution < -0.4 is 5.73 Å². The summed E-state index contributed by atoms with van der Waals surface area (Å²) >= 11 is 0. The highest BCUT2D eigenvalue weighted by Gasteiger charge is 2.20. The Morgan fingerprint density at radius 2 is 2.06 bits per heavy atom. The fourth-order valence-electron chi connectivity index (χ4n) is 1.65. The number of hydroxylamine groups is 2. The SMILES string of the molecule is CCCN(OC)C(=O)[C@H](N)Cc1ccc(O)cc1. The number of nitrogens with two attached hydrogens (primary N) is 1. The summed E-state index contributed by atoms with van der Waals surface area (Å²) in [5.74, 6) is -0.0319. The molecule has 0 saturated heterocycles. The van der Waals surface area contributed by atoms with E-state index in [1.54, 1.807) is 24.3 Å². The summed E-state index contributed by atoms with van der Waals surface area (Å²) in [5.41, 5.74) is 6.76. The third kappa shape index (κ3) is 4.01. The Kier molecular flexibility index (Phi) is 5.61. The molecule has 0 aliphatic rings. The quantitative estimate of drug-likeness (QED) is 0.742. The number of hydrogen-bond acceptors (Lipinski definition) is 4. The zero-order chi connectivity index (χ0) is 13.5. The normalized spacial score (nSPS) is 12.2. The minimum atomic E-state index is -0.638. The molecule has 5 heteroatoms. The Balaban J connectivity index is 2.61. The van der Waals surface area contributed by atoms with Crippen molar-refractivity contribution in [3.8, 4) is 5.75 Å². The van der Waals surface area contributed by atoms with Crippen LogP contribution in [0.1, 0.15) is 18.9 Å². The van der Waals surface area contributed by atoms with Crippen molar-refractivity contribution in [2.75, 3.05) is 13.7 Å². The summed E-state index contributed by atoms with van der Waals surface area (Å²) in [5, 5.41) is 10.5. The molecule has 0 radical (unpaired) electrons. The van der Waals surface area contributed by atoms with Crippen molar-refractivity contribution in [1.29, 1.82) is 0 Å². The van der Waals surface area contributed by atoms with Crippen LogP contribution in [0.3, 0.4) is 0 Å². The largest absolute Gasteiger partial charge is 0.508 e. The molecule has 0 aliphatic heterocycles. The fourth-order valence-corrected chi connectivity index (χ4v) is 1.65. The van der Waals surface area contributed by atoms with Gasteiger partial charge in [0.1, 0.15) is 5.75 Å². The van der Waals surface area contributed by atoms with Crippen LogP contribution in [0.2, 0.25) is 0 Å². The van der Waals surface area contributed by atoms with Gasteiger partial charge in [0.05, 0.1) is 13.2 Å². The number of amides is 1. The number of nitrogens with zero attached hydrogens (tertiary/aromatic N) is 1. The minimum absolute atomic E-state index is 0.197. The van der Waals surface area contributed by atoms with E-state index >= 15 is 0 Å². The van der Waals surface area contributed by atoms with Gasteiger partial charge in [0.2, 0.25) is 0 Å². The molecule has 1 atom stereocenters. The van der Waals surface area contributed by atoms with Gasteiger partial charge < -0.3 is 10.8 Å². The van der Waals surface area contributed by atoms with Gasteiger partial charge >= 0.3 is 0 Å². The van der Waals surface area contributed by atoms with E-state index in [4.69, 9.17) is 15.7 Å². The van der Waals surface area contributed by atoms with Gasteiger partial charge in [0.25, 0.3) is 5.91 Å². The molecule has 5 nitrogen and oxygen atoms in total. The molecule has 1 rings (SSSR count). The van der Waals surface area contributed by atoms with E-state index in [0.717, 1.165) is 12.0 Å². The lowest BCUT2D eigenvalue weighted by molar-refractivity contribution is -0.177. The fraction of sp³-hybridized carbons (Fsp3) is 0.462. The van der Waals surface area contributed by atoms with Gasteiger partial charge in [0.15, 0.2) is 0 Å². The first-order chi connectivity index (χ1) is 8.58. The Morgan fingerprint density at radius 3 is 2.56 bits per heavy atom. The first kappa shape index (κ1) is 14.5. The van der Waals surface area contributed by atoms with E-state index in [1.807, 2.05) is 6.92 Å². The van der Waals surface area contributed by atoms with Crippen LogP contribution in [-0.4, -0.2) is 35.8 Å². The zero-order valence-corrected chi connectivity index (χ0v) is 10.8. The molecule has 0 spiro atoms. The van der Waals surface area contributed by atoms with Gasteiger partial charge in [-0.25, -0.2) is 5.06 Å². The number of benzene rings is 1. The van der Waals surface area contributed by atoms with Crippen LogP contribution in [0.25, 0.3) is 0 Å². The predicted molar refractivity (Wildman–Crippen MR) is 68.8 cm³/mol. The molecule has 100 valence electrons. The molecule has 0 heterocycles. The van der Waals surface area contributed by atoms with Gasteiger partial charge in [-0.15, -0.1) is 0 Å². The molecule has 18 heavy (non-hydrogen) atoms. The average Bonchev–Trinajstić information content (AvgIpc) is 2.37. The molecule has 0 unspecified atom stereocenters. The van der Waals surface area contributed by atoms with E-state index in [1.165, 1.54) is 12.2 Å². The van der Waals surface area contributed by atoms with E-state index in [-0.39, 0.29) is 11.7 Å². The van der Waals surface area contributed by atoms with E-state index in [2.05, 4.69) is 0 Å². The lowest BCUT2D eigenvalue weighted by Gasteiger charge is -2.22. The molecule has 0 aromatic heterocycles. The second kappa shape index (κ2) is 6.98. The van der Waals surface area contributed by atoms with Gasteiger partial charge in [-0.1, -0.05) is 19.1 Å². The predicted octanol–water partition coefficient (Wildman–Crippen LogP) is 1.06. The highest BCUT2D eigenvalue weighted by Crippen LogP contribution is 2.11. The highest BCUT2D eigenvalue weighted by molar-refractivity contribution is 5.81. The number of rotatable bonds is 6. The summed E-state index contributed by atoms with van der Waals surface area (Å²) in [4.78, 5) is 17.0. The van der Waals surface area contributed by atoms with Crippen molar-refractivity contribution < 1.29 is 14.7 Å². The van der Waals surface area contributed by atoms with Crippen LogP contribution in [-0.2, 0) is 16.1 Å². The monoisotopic (exact) mass is 252 g/mol. The van der Waals surface area contributed by atoms with Crippen LogP contribution >= 0.6 is 0 Å². The number of carbonyl (C=O) groups is 1. The van der Waals surface area contributed by atoms with Crippen LogP contribution in [0.4, 0.5) is 0 Å².